The molecule has 0 unspecified atom stereocenters. The van der Waals surface area contributed by atoms with E-state index in [0.29, 0.717) is 23.1 Å². The lowest BCUT2D eigenvalue weighted by Gasteiger charge is -2.04. The fraction of sp³-hybridized carbons (Fsp3) is 0.200. The molecule has 0 fully saturated rings. The average molecular weight is 225 g/mol. The van der Waals surface area contributed by atoms with E-state index < -0.39 is 5.97 Å². The smallest absolute Gasteiger partial charge is 0.355 e. The number of pyridine rings is 1. The van der Waals surface area contributed by atoms with Crippen molar-refractivity contribution in [1.29, 1.82) is 0 Å². The molecule has 4 nitrogen and oxygen atoms in total. The minimum atomic E-state index is -0.400. The maximum atomic E-state index is 11.6. The number of imidazole rings is 1. The van der Waals surface area contributed by atoms with Crippen LogP contribution in [0.2, 0.25) is 5.15 Å². The van der Waals surface area contributed by atoms with Crippen LogP contribution in [0.3, 0.4) is 0 Å². The molecule has 0 aliphatic carbocycles. The van der Waals surface area contributed by atoms with Crippen molar-refractivity contribution >= 4 is 23.2 Å². The van der Waals surface area contributed by atoms with E-state index in [9.17, 15) is 4.79 Å². The molecule has 0 saturated carbocycles. The van der Waals surface area contributed by atoms with Crippen molar-refractivity contribution in [3.05, 3.63) is 35.2 Å². The number of nitrogens with zero attached hydrogens (tertiary/aromatic N) is 2. The molecule has 0 aliphatic heterocycles. The largest absolute Gasteiger partial charge is 0.461 e. The van der Waals surface area contributed by atoms with E-state index in [1.807, 2.05) is 0 Å². The minimum absolute atomic E-state index is 0.335. The van der Waals surface area contributed by atoms with Crippen molar-refractivity contribution in [3.8, 4) is 0 Å². The molecule has 2 aromatic rings. The van der Waals surface area contributed by atoms with E-state index in [1.54, 1.807) is 29.5 Å². The second kappa shape index (κ2) is 3.90. The van der Waals surface area contributed by atoms with Crippen molar-refractivity contribution in [2.75, 3.05) is 6.61 Å². The topological polar surface area (TPSA) is 43.6 Å². The number of esters is 1. The molecule has 0 aliphatic rings. The van der Waals surface area contributed by atoms with E-state index in [1.165, 1.54) is 6.20 Å². The molecule has 0 aromatic carbocycles. The Balaban J connectivity index is 2.59. The number of aromatic nitrogens is 2. The van der Waals surface area contributed by atoms with Gasteiger partial charge < -0.3 is 4.74 Å². The molecule has 0 saturated heterocycles. The number of ether oxygens (including phenoxy) is 1. The Bertz CT molecular complexity index is 507. The van der Waals surface area contributed by atoms with Crippen molar-refractivity contribution in [2.45, 2.75) is 6.92 Å². The van der Waals surface area contributed by atoms with E-state index in [-0.39, 0.29) is 0 Å². The number of hydrogen-bond donors (Lipinski definition) is 0. The van der Waals surface area contributed by atoms with Crippen molar-refractivity contribution in [2.24, 2.45) is 0 Å². The third kappa shape index (κ3) is 1.68. The highest BCUT2D eigenvalue weighted by Crippen LogP contribution is 2.15. The molecule has 0 atom stereocenters. The second-order valence-electron chi connectivity index (χ2n) is 2.91. The van der Waals surface area contributed by atoms with E-state index >= 15 is 0 Å². The van der Waals surface area contributed by atoms with Gasteiger partial charge in [0.1, 0.15) is 16.5 Å². The monoisotopic (exact) mass is 224 g/mol. The summed E-state index contributed by atoms with van der Waals surface area (Å²) in [5, 5.41) is 0.397. The van der Waals surface area contributed by atoms with Gasteiger partial charge in [-0.2, -0.15) is 0 Å². The first-order valence-corrected chi connectivity index (χ1v) is 4.91. The summed E-state index contributed by atoms with van der Waals surface area (Å²) >= 11 is 5.91. The van der Waals surface area contributed by atoms with Gasteiger partial charge >= 0.3 is 5.97 Å². The lowest BCUT2D eigenvalue weighted by atomic mass is 10.3. The van der Waals surface area contributed by atoms with Crippen molar-refractivity contribution in [3.63, 3.8) is 0 Å². The van der Waals surface area contributed by atoms with Gasteiger partial charge in [0.05, 0.1) is 12.8 Å². The summed E-state index contributed by atoms with van der Waals surface area (Å²) in [6.07, 6.45) is 1.50. The van der Waals surface area contributed by atoms with Crippen LogP contribution in [0.5, 0.6) is 0 Å². The number of halogens is 1. The van der Waals surface area contributed by atoms with Crippen LogP contribution in [0.25, 0.3) is 5.65 Å². The Morgan fingerprint density at radius 3 is 3.13 bits per heavy atom. The van der Waals surface area contributed by atoms with Crippen molar-refractivity contribution in [1.82, 2.24) is 9.38 Å². The summed E-state index contributed by atoms with van der Waals surface area (Å²) in [7, 11) is 0. The SMILES string of the molecule is CCOC(=O)c1cccc2ncc(Cl)n12. The van der Waals surface area contributed by atoms with Gasteiger partial charge in [0.15, 0.2) is 0 Å². The Kier molecular flexibility index (Phi) is 2.60. The number of carbonyl (C=O) groups is 1. The predicted octanol–water partition coefficient (Wildman–Crippen LogP) is 2.16. The van der Waals surface area contributed by atoms with Gasteiger partial charge in [0, 0.05) is 0 Å². The third-order valence-corrected chi connectivity index (χ3v) is 2.24. The molecule has 0 spiro atoms. The zero-order valence-corrected chi connectivity index (χ0v) is 8.86. The van der Waals surface area contributed by atoms with Crippen LogP contribution in [0.4, 0.5) is 0 Å². The molecule has 2 rings (SSSR count). The van der Waals surface area contributed by atoms with Crippen molar-refractivity contribution < 1.29 is 9.53 Å². The van der Waals surface area contributed by atoms with Gasteiger partial charge in [-0.3, -0.25) is 4.40 Å². The predicted molar refractivity (Wildman–Crippen MR) is 56.2 cm³/mol. The Labute approximate surface area is 91.4 Å². The van der Waals surface area contributed by atoms with Crippen LogP contribution >= 0.6 is 11.6 Å². The molecule has 15 heavy (non-hydrogen) atoms. The molecule has 2 heterocycles. The van der Waals surface area contributed by atoms with Gasteiger partial charge in [-0.15, -0.1) is 0 Å². The second-order valence-corrected chi connectivity index (χ2v) is 3.29. The molecule has 0 radical (unpaired) electrons. The first-order valence-electron chi connectivity index (χ1n) is 4.53. The quantitative estimate of drug-likeness (QED) is 0.735. The van der Waals surface area contributed by atoms with Crippen LogP contribution in [-0.2, 0) is 4.74 Å². The highest BCUT2D eigenvalue weighted by molar-refractivity contribution is 6.30. The van der Waals surface area contributed by atoms with Crippen LogP contribution in [0, 0.1) is 0 Å². The van der Waals surface area contributed by atoms with Gasteiger partial charge in [-0.1, -0.05) is 17.7 Å². The number of carbonyl (C=O) groups excluding carboxylic acids is 1. The van der Waals surface area contributed by atoms with Gasteiger partial charge in [-0.25, -0.2) is 9.78 Å². The summed E-state index contributed by atoms with van der Waals surface area (Å²) in [4.78, 5) is 15.6. The summed E-state index contributed by atoms with van der Waals surface area (Å²) in [5.74, 6) is -0.400. The molecular weight excluding hydrogens is 216 g/mol. The van der Waals surface area contributed by atoms with Crippen LogP contribution < -0.4 is 0 Å². The van der Waals surface area contributed by atoms with E-state index in [2.05, 4.69) is 4.98 Å². The van der Waals surface area contributed by atoms with Gasteiger partial charge in [0.25, 0.3) is 0 Å². The van der Waals surface area contributed by atoms with Crippen LogP contribution in [0.15, 0.2) is 24.4 Å². The molecule has 78 valence electrons. The normalized spacial score (nSPS) is 10.5. The van der Waals surface area contributed by atoms with E-state index in [0.717, 1.165) is 0 Å². The number of hydrogen-bond acceptors (Lipinski definition) is 3. The molecule has 2 aromatic heterocycles. The summed E-state index contributed by atoms with van der Waals surface area (Å²) < 4.78 is 6.47. The van der Waals surface area contributed by atoms with Crippen LogP contribution in [0.1, 0.15) is 17.4 Å². The third-order valence-electron chi connectivity index (χ3n) is 1.97. The first-order chi connectivity index (χ1) is 7.24. The first kappa shape index (κ1) is 9.98. The lowest BCUT2D eigenvalue weighted by Crippen LogP contribution is -2.09. The maximum Gasteiger partial charge on any atom is 0.355 e. The Hall–Kier alpha value is -1.55. The zero-order chi connectivity index (χ0) is 10.8. The minimum Gasteiger partial charge on any atom is -0.461 e. The fourth-order valence-corrected chi connectivity index (χ4v) is 1.59. The lowest BCUT2D eigenvalue weighted by molar-refractivity contribution is 0.0517. The zero-order valence-electron chi connectivity index (χ0n) is 8.11. The molecule has 0 N–H and O–H groups in total. The summed E-state index contributed by atoms with van der Waals surface area (Å²) in [6, 6.07) is 5.16. The Morgan fingerprint density at radius 1 is 1.60 bits per heavy atom. The highest BCUT2D eigenvalue weighted by atomic mass is 35.5. The molecule has 0 bridgehead atoms. The number of rotatable bonds is 2. The molecule has 0 amide bonds. The average Bonchev–Trinajstić information content (AvgIpc) is 2.61. The summed E-state index contributed by atoms with van der Waals surface area (Å²) in [6.45, 7) is 2.09. The summed E-state index contributed by atoms with van der Waals surface area (Å²) in [5.41, 5.74) is 1.02. The van der Waals surface area contributed by atoms with Gasteiger partial charge in [-0.05, 0) is 19.1 Å². The van der Waals surface area contributed by atoms with E-state index in [4.69, 9.17) is 16.3 Å². The molecule has 5 heteroatoms. The Morgan fingerprint density at radius 2 is 2.40 bits per heavy atom. The standard InChI is InChI=1S/C10H9ClN2O2/c1-2-15-10(14)7-4-3-5-9-12-6-8(11)13(7)9/h3-6H,2H2,1H3. The van der Waals surface area contributed by atoms with Gasteiger partial charge in [0.2, 0.25) is 0 Å². The highest BCUT2D eigenvalue weighted by Gasteiger charge is 2.13. The number of fused-ring (bicyclic) bond motifs is 1. The molecular formula is C10H9ClN2O2. The fourth-order valence-electron chi connectivity index (χ4n) is 1.36. The van der Waals surface area contributed by atoms with Crippen LogP contribution in [-0.4, -0.2) is 22.0 Å². The maximum absolute atomic E-state index is 11.6.